The SMILES string of the molecule is CC(C(=O)NCC1CCCCC1Cl)c1ccccc1. The number of nitrogens with one attached hydrogen (secondary N) is 1. The Morgan fingerprint density at radius 3 is 2.68 bits per heavy atom. The fourth-order valence-corrected chi connectivity index (χ4v) is 3.04. The predicted molar refractivity (Wildman–Crippen MR) is 79.5 cm³/mol. The molecule has 1 fully saturated rings. The van der Waals surface area contributed by atoms with E-state index in [1.54, 1.807) is 0 Å². The van der Waals surface area contributed by atoms with Crippen molar-refractivity contribution < 1.29 is 4.79 Å². The average molecular weight is 280 g/mol. The number of alkyl halides is 1. The molecule has 1 saturated carbocycles. The molecule has 1 aromatic carbocycles. The van der Waals surface area contributed by atoms with Crippen molar-refractivity contribution in [3.8, 4) is 0 Å². The van der Waals surface area contributed by atoms with Gasteiger partial charge in [-0.3, -0.25) is 4.79 Å². The quantitative estimate of drug-likeness (QED) is 0.837. The number of halogens is 1. The van der Waals surface area contributed by atoms with Crippen LogP contribution in [0.2, 0.25) is 0 Å². The van der Waals surface area contributed by atoms with Gasteiger partial charge in [-0.15, -0.1) is 11.6 Å². The van der Waals surface area contributed by atoms with E-state index in [2.05, 4.69) is 5.32 Å². The first kappa shape index (κ1) is 14.4. The van der Waals surface area contributed by atoms with E-state index >= 15 is 0 Å². The third-order valence-corrected chi connectivity index (χ3v) is 4.62. The van der Waals surface area contributed by atoms with Crippen molar-refractivity contribution in [2.45, 2.75) is 43.9 Å². The van der Waals surface area contributed by atoms with Crippen LogP contribution in [0.25, 0.3) is 0 Å². The minimum absolute atomic E-state index is 0.0978. The van der Waals surface area contributed by atoms with Gasteiger partial charge >= 0.3 is 0 Å². The highest BCUT2D eigenvalue weighted by Gasteiger charge is 2.24. The second kappa shape index (κ2) is 6.95. The van der Waals surface area contributed by atoms with E-state index < -0.39 is 0 Å². The molecular formula is C16H22ClNO. The number of hydrogen-bond donors (Lipinski definition) is 1. The molecule has 104 valence electrons. The van der Waals surface area contributed by atoms with Crippen molar-refractivity contribution in [1.29, 1.82) is 0 Å². The number of benzene rings is 1. The molecule has 2 nitrogen and oxygen atoms in total. The van der Waals surface area contributed by atoms with Gasteiger partial charge in [0.1, 0.15) is 0 Å². The summed E-state index contributed by atoms with van der Waals surface area (Å²) in [5.74, 6) is 0.432. The van der Waals surface area contributed by atoms with Crippen LogP contribution in [-0.4, -0.2) is 17.8 Å². The lowest BCUT2D eigenvalue weighted by molar-refractivity contribution is -0.122. The van der Waals surface area contributed by atoms with E-state index in [-0.39, 0.29) is 17.2 Å². The molecule has 1 aliphatic carbocycles. The molecule has 1 amide bonds. The molecule has 0 saturated heterocycles. The Hall–Kier alpha value is -1.02. The van der Waals surface area contributed by atoms with E-state index in [0.717, 1.165) is 18.4 Å². The lowest BCUT2D eigenvalue weighted by Gasteiger charge is -2.27. The summed E-state index contributed by atoms with van der Waals surface area (Å²) < 4.78 is 0. The van der Waals surface area contributed by atoms with Crippen LogP contribution in [0.1, 0.15) is 44.1 Å². The van der Waals surface area contributed by atoms with Crippen LogP contribution in [-0.2, 0) is 4.79 Å². The van der Waals surface area contributed by atoms with Gasteiger partial charge in [-0.1, -0.05) is 43.2 Å². The maximum atomic E-state index is 12.1. The summed E-state index contributed by atoms with van der Waals surface area (Å²) in [5, 5.41) is 3.28. The topological polar surface area (TPSA) is 29.1 Å². The first-order valence-electron chi connectivity index (χ1n) is 7.15. The van der Waals surface area contributed by atoms with E-state index in [1.165, 1.54) is 12.8 Å². The Kier molecular flexibility index (Phi) is 5.26. The molecule has 0 aromatic heterocycles. The van der Waals surface area contributed by atoms with Crippen LogP contribution >= 0.6 is 11.6 Å². The van der Waals surface area contributed by atoms with Gasteiger partial charge in [0.15, 0.2) is 0 Å². The first-order valence-corrected chi connectivity index (χ1v) is 7.59. The molecule has 0 heterocycles. The van der Waals surface area contributed by atoms with E-state index in [9.17, 15) is 4.79 Å². The minimum atomic E-state index is -0.0985. The molecule has 3 unspecified atom stereocenters. The number of carbonyl (C=O) groups excluding carboxylic acids is 1. The fraction of sp³-hybridized carbons (Fsp3) is 0.562. The average Bonchev–Trinajstić information content (AvgIpc) is 2.46. The van der Waals surface area contributed by atoms with E-state index in [1.807, 2.05) is 37.3 Å². The van der Waals surface area contributed by atoms with E-state index in [0.29, 0.717) is 12.5 Å². The molecule has 1 aliphatic rings. The highest BCUT2D eigenvalue weighted by Crippen LogP contribution is 2.28. The molecule has 1 N–H and O–H groups in total. The van der Waals surface area contributed by atoms with Crippen LogP contribution in [0.4, 0.5) is 0 Å². The molecule has 2 rings (SSSR count). The maximum Gasteiger partial charge on any atom is 0.227 e. The third kappa shape index (κ3) is 3.97. The monoisotopic (exact) mass is 279 g/mol. The number of rotatable bonds is 4. The van der Waals surface area contributed by atoms with Gasteiger partial charge in [0.25, 0.3) is 0 Å². The Morgan fingerprint density at radius 2 is 2.00 bits per heavy atom. The fourth-order valence-electron chi connectivity index (χ4n) is 2.67. The molecule has 3 heteroatoms. The van der Waals surface area contributed by atoms with Crippen molar-refractivity contribution in [2.24, 2.45) is 5.92 Å². The zero-order chi connectivity index (χ0) is 13.7. The maximum absolute atomic E-state index is 12.1. The van der Waals surface area contributed by atoms with Crippen molar-refractivity contribution >= 4 is 17.5 Å². The summed E-state index contributed by atoms with van der Waals surface area (Å²) in [4.78, 5) is 12.1. The van der Waals surface area contributed by atoms with Gasteiger partial charge in [0.2, 0.25) is 5.91 Å². The standard InChI is InChI=1S/C16H22ClNO/c1-12(13-7-3-2-4-8-13)16(19)18-11-14-9-5-6-10-15(14)17/h2-4,7-8,12,14-15H,5-6,9-11H2,1H3,(H,18,19). The number of hydrogen-bond acceptors (Lipinski definition) is 1. The first-order chi connectivity index (χ1) is 9.18. The summed E-state index contributed by atoms with van der Waals surface area (Å²) in [6.45, 7) is 2.66. The number of carbonyl (C=O) groups is 1. The van der Waals surface area contributed by atoms with Gasteiger partial charge in [0.05, 0.1) is 5.92 Å². The van der Waals surface area contributed by atoms with Gasteiger partial charge in [-0.25, -0.2) is 0 Å². The molecule has 0 bridgehead atoms. The molecule has 0 spiro atoms. The predicted octanol–water partition coefficient (Wildman–Crippen LogP) is 3.70. The van der Waals surface area contributed by atoms with Crippen LogP contribution in [0, 0.1) is 5.92 Å². The van der Waals surface area contributed by atoms with Crippen molar-refractivity contribution in [1.82, 2.24) is 5.32 Å². The van der Waals surface area contributed by atoms with Gasteiger partial charge in [-0.05, 0) is 31.2 Å². The highest BCUT2D eigenvalue weighted by molar-refractivity contribution is 6.20. The smallest absolute Gasteiger partial charge is 0.227 e. The van der Waals surface area contributed by atoms with Crippen LogP contribution in [0.15, 0.2) is 30.3 Å². The Balaban J connectivity index is 1.84. The third-order valence-electron chi connectivity index (χ3n) is 4.05. The van der Waals surface area contributed by atoms with Crippen molar-refractivity contribution in [2.75, 3.05) is 6.54 Å². The summed E-state index contributed by atoms with van der Waals surface area (Å²) in [5.41, 5.74) is 1.06. The Labute approximate surface area is 120 Å². The van der Waals surface area contributed by atoms with Gasteiger partial charge < -0.3 is 5.32 Å². The van der Waals surface area contributed by atoms with Crippen molar-refractivity contribution in [3.63, 3.8) is 0 Å². The van der Waals surface area contributed by atoms with Gasteiger partial charge in [0, 0.05) is 11.9 Å². The zero-order valence-electron chi connectivity index (χ0n) is 11.4. The normalized spacial score (nSPS) is 24.7. The lowest BCUT2D eigenvalue weighted by Crippen LogP contribution is -2.36. The Bertz CT molecular complexity index is 406. The van der Waals surface area contributed by atoms with Crippen LogP contribution in [0.5, 0.6) is 0 Å². The second-order valence-electron chi connectivity index (χ2n) is 5.44. The molecule has 1 aromatic rings. The largest absolute Gasteiger partial charge is 0.355 e. The van der Waals surface area contributed by atoms with Crippen LogP contribution in [0.3, 0.4) is 0 Å². The second-order valence-corrected chi connectivity index (χ2v) is 6.00. The highest BCUT2D eigenvalue weighted by atomic mass is 35.5. The summed E-state index contributed by atoms with van der Waals surface area (Å²) in [6, 6.07) is 9.89. The zero-order valence-corrected chi connectivity index (χ0v) is 12.2. The molecule has 0 aliphatic heterocycles. The minimum Gasteiger partial charge on any atom is -0.355 e. The van der Waals surface area contributed by atoms with Crippen molar-refractivity contribution in [3.05, 3.63) is 35.9 Å². The van der Waals surface area contributed by atoms with E-state index in [4.69, 9.17) is 11.6 Å². The molecular weight excluding hydrogens is 258 g/mol. The van der Waals surface area contributed by atoms with Crippen LogP contribution < -0.4 is 5.32 Å². The summed E-state index contributed by atoms with van der Waals surface area (Å²) in [6.07, 6.45) is 4.67. The summed E-state index contributed by atoms with van der Waals surface area (Å²) >= 11 is 6.31. The summed E-state index contributed by atoms with van der Waals surface area (Å²) in [7, 11) is 0. The molecule has 0 radical (unpaired) electrons. The Morgan fingerprint density at radius 1 is 1.32 bits per heavy atom. The van der Waals surface area contributed by atoms with Gasteiger partial charge in [-0.2, -0.15) is 0 Å². The lowest BCUT2D eigenvalue weighted by atomic mass is 9.88. The molecule has 19 heavy (non-hydrogen) atoms. The molecule has 3 atom stereocenters. The number of amides is 1.